The number of amides is 1. The van der Waals surface area contributed by atoms with Crippen LogP contribution in [-0.2, 0) is 0 Å². The van der Waals surface area contributed by atoms with E-state index in [9.17, 15) is 9.90 Å². The average molecular weight is 249 g/mol. The highest BCUT2D eigenvalue weighted by Gasteiger charge is 2.19. The van der Waals surface area contributed by atoms with Crippen LogP contribution in [0.15, 0.2) is 18.2 Å². The Bertz CT molecular complexity index is 443. The summed E-state index contributed by atoms with van der Waals surface area (Å²) in [5.74, 6) is 0.857. The van der Waals surface area contributed by atoms with Crippen LogP contribution in [0.5, 0.6) is 5.75 Å². The van der Waals surface area contributed by atoms with Crippen molar-refractivity contribution in [2.24, 2.45) is 5.92 Å². The summed E-state index contributed by atoms with van der Waals surface area (Å²) in [6.45, 7) is 5.11. The average Bonchev–Trinajstić information content (AvgIpc) is 2.50. The summed E-state index contributed by atoms with van der Waals surface area (Å²) in [6, 6.07) is 5.31. The third kappa shape index (κ3) is 2.82. The first kappa shape index (κ1) is 12.9. The number of hydrogen-bond donors (Lipinski definition) is 2. The van der Waals surface area contributed by atoms with Crippen LogP contribution in [0.2, 0.25) is 0 Å². The minimum Gasteiger partial charge on any atom is -0.491 e. The molecule has 1 aromatic carbocycles. The molecule has 0 radical (unpaired) electrons. The molecule has 1 heterocycles. The number of carbonyl (C=O) groups is 1. The molecule has 0 bridgehead atoms. The Morgan fingerprint density at radius 3 is 2.94 bits per heavy atom. The lowest BCUT2D eigenvalue weighted by molar-refractivity contribution is 0.0956. The van der Waals surface area contributed by atoms with Crippen molar-refractivity contribution in [2.75, 3.05) is 13.2 Å². The molecule has 2 rings (SSSR count). The summed E-state index contributed by atoms with van der Waals surface area (Å²) in [5, 5.41) is 12.8. The fourth-order valence-electron chi connectivity index (χ4n) is 2.06. The molecule has 1 unspecified atom stereocenters. The maximum absolute atomic E-state index is 11.8. The maximum Gasteiger partial charge on any atom is 0.255 e. The van der Waals surface area contributed by atoms with Gasteiger partial charge in [-0.3, -0.25) is 4.79 Å². The first-order chi connectivity index (χ1) is 8.58. The van der Waals surface area contributed by atoms with Crippen LogP contribution < -0.4 is 10.1 Å². The first-order valence-electron chi connectivity index (χ1n) is 6.31. The molecule has 1 aliphatic rings. The topological polar surface area (TPSA) is 58.6 Å². The standard InChI is InChI=1S/C14H19NO3/c1-9(2)7-12(16)10-3-4-13-11(8-10)14(17)15-5-6-18-13/h3-4,8-9,12,16H,5-7H2,1-2H3,(H,15,17). The highest BCUT2D eigenvalue weighted by atomic mass is 16.5. The highest BCUT2D eigenvalue weighted by Crippen LogP contribution is 2.27. The monoisotopic (exact) mass is 249 g/mol. The third-order valence-electron chi connectivity index (χ3n) is 2.97. The molecule has 0 fully saturated rings. The van der Waals surface area contributed by atoms with Crippen LogP contribution in [0.3, 0.4) is 0 Å². The fourth-order valence-corrected chi connectivity index (χ4v) is 2.06. The molecular weight excluding hydrogens is 230 g/mol. The Hall–Kier alpha value is -1.55. The molecule has 0 aliphatic carbocycles. The molecule has 18 heavy (non-hydrogen) atoms. The van der Waals surface area contributed by atoms with E-state index in [1.807, 2.05) is 6.07 Å². The van der Waals surface area contributed by atoms with Crippen LogP contribution in [0.1, 0.15) is 42.3 Å². The van der Waals surface area contributed by atoms with E-state index < -0.39 is 6.10 Å². The third-order valence-corrected chi connectivity index (χ3v) is 2.97. The van der Waals surface area contributed by atoms with Gasteiger partial charge in [0.05, 0.1) is 18.2 Å². The van der Waals surface area contributed by atoms with Crippen molar-refractivity contribution in [3.63, 3.8) is 0 Å². The lowest BCUT2D eigenvalue weighted by Crippen LogP contribution is -2.24. The van der Waals surface area contributed by atoms with Crippen molar-refractivity contribution >= 4 is 5.91 Å². The number of carbonyl (C=O) groups excluding carboxylic acids is 1. The molecule has 1 aliphatic heterocycles. The zero-order valence-electron chi connectivity index (χ0n) is 10.8. The highest BCUT2D eigenvalue weighted by molar-refractivity contribution is 5.97. The van der Waals surface area contributed by atoms with Crippen molar-refractivity contribution in [3.8, 4) is 5.75 Å². The van der Waals surface area contributed by atoms with Gasteiger partial charge >= 0.3 is 0 Å². The number of benzene rings is 1. The molecule has 1 aromatic rings. The van der Waals surface area contributed by atoms with E-state index in [1.165, 1.54) is 0 Å². The van der Waals surface area contributed by atoms with E-state index in [-0.39, 0.29) is 5.91 Å². The van der Waals surface area contributed by atoms with E-state index in [0.29, 0.717) is 36.8 Å². The molecule has 0 saturated heterocycles. The minimum atomic E-state index is -0.536. The van der Waals surface area contributed by atoms with Crippen molar-refractivity contribution in [3.05, 3.63) is 29.3 Å². The lowest BCUT2D eigenvalue weighted by atomic mass is 9.97. The van der Waals surface area contributed by atoms with Gasteiger partial charge in [-0.15, -0.1) is 0 Å². The van der Waals surface area contributed by atoms with Crippen molar-refractivity contribution in [1.82, 2.24) is 5.32 Å². The normalized spacial score (nSPS) is 16.6. The number of aliphatic hydroxyl groups excluding tert-OH is 1. The second kappa shape index (κ2) is 5.40. The van der Waals surface area contributed by atoms with E-state index in [1.54, 1.807) is 12.1 Å². The van der Waals surface area contributed by atoms with Gasteiger partial charge in [-0.1, -0.05) is 19.9 Å². The Morgan fingerprint density at radius 1 is 1.44 bits per heavy atom. The molecule has 0 aromatic heterocycles. The van der Waals surface area contributed by atoms with E-state index in [2.05, 4.69) is 19.2 Å². The predicted octanol–water partition coefficient (Wildman–Crippen LogP) is 1.89. The Kier molecular flexibility index (Phi) is 3.87. The zero-order valence-corrected chi connectivity index (χ0v) is 10.8. The molecule has 2 N–H and O–H groups in total. The molecule has 1 amide bonds. The summed E-state index contributed by atoms with van der Waals surface area (Å²) in [7, 11) is 0. The molecule has 98 valence electrons. The lowest BCUT2D eigenvalue weighted by Gasteiger charge is -2.15. The maximum atomic E-state index is 11.8. The van der Waals surface area contributed by atoms with Gasteiger partial charge in [0, 0.05) is 0 Å². The largest absolute Gasteiger partial charge is 0.491 e. The Labute approximate surface area is 107 Å². The van der Waals surface area contributed by atoms with Crippen LogP contribution in [0.4, 0.5) is 0 Å². The Morgan fingerprint density at radius 2 is 2.22 bits per heavy atom. The summed E-state index contributed by atoms with van der Waals surface area (Å²) in [6.07, 6.45) is 0.146. The Balaban J connectivity index is 2.27. The van der Waals surface area contributed by atoms with E-state index in [0.717, 1.165) is 5.56 Å². The molecule has 0 spiro atoms. The van der Waals surface area contributed by atoms with Crippen LogP contribution in [0.25, 0.3) is 0 Å². The number of aliphatic hydroxyl groups is 1. The van der Waals surface area contributed by atoms with Crippen molar-refractivity contribution < 1.29 is 14.6 Å². The summed E-state index contributed by atoms with van der Waals surface area (Å²) < 4.78 is 5.47. The van der Waals surface area contributed by atoms with Crippen molar-refractivity contribution in [1.29, 1.82) is 0 Å². The fraction of sp³-hybridized carbons (Fsp3) is 0.500. The molecule has 0 saturated carbocycles. The molecule has 4 heteroatoms. The second-order valence-electron chi connectivity index (χ2n) is 5.01. The van der Waals surface area contributed by atoms with Gasteiger partial charge in [0.2, 0.25) is 0 Å². The quantitative estimate of drug-likeness (QED) is 0.860. The van der Waals surface area contributed by atoms with Crippen LogP contribution in [0, 0.1) is 5.92 Å². The van der Waals surface area contributed by atoms with Gasteiger partial charge in [-0.2, -0.15) is 0 Å². The van der Waals surface area contributed by atoms with Crippen LogP contribution in [-0.4, -0.2) is 24.2 Å². The predicted molar refractivity (Wildman–Crippen MR) is 68.7 cm³/mol. The molecule has 1 atom stereocenters. The number of rotatable bonds is 3. The van der Waals surface area contributed by atoms with Crippen LogP contribution >= 0.6 is 0 Å². The van der Waals surface area contributed by atoms with Gasteiger partial charge in [0.1, 0.15) is 12.4 Å². The van der Waals surface area contributed by atoms with Gasteiger partial charge in [-0.25, -0.2) is 0 Å². The summed E-state index contributed by atoms with van der Waals surface area (Å²) in [5.41, 5.74) is 1.27. The SMILES string of the molecule is CC(C)CC(O)c1ccc2c(c1)C(=O)NCCO2. The minimum absolute atomic E-state index is 0.138. The second-order valence-corrected chi connectivity index (χ2v) is 5.01. The number of nitrogens with one attached hydrogen (secondary N) is 1. The first-order valence-corrected chi connectivity index (χ1v) is 6.31. The van der Waals surface area contributed by atoms with Gasteiger partial charge < -0.3 is 15.2 Å². The summed E-state index contributed by atoms with van der Waals surface area (Å²) in [4.78, 5) is 11.8. The van der Waals surface area contributed by atoms with Gasteiger partial charge in [0.15, 0.2) is 0 Å². The van der Waals surface area contributed by atoms with E-state index >= 15 is 0 Å². The molecule has 4 nitrogen and oxygen atoms in total. The van der Waals surface area contributed by atoms with Gasteiger partial charge in [0.25, 0.3) is 5.91 Å². The zero-order chi connectivity index (χ0) is 13.1. The summed E-state index contributed by atoms with van der Waals surface area (Å²) >= 11 is 0. The number of ether oxygens (including phenoxy) is 1. The van der Waals surface area contributed by atoms with E-state index in [4.69, 9.17) is 4.74 Å². The van der Waals surface area contributed by atoms with Crippen molar-refractivity contribution in [2.45, 2.75) is 26.4 Å². The molecular formula is C14H19NO3. The van der Waals surface area contributed by atoms with Gasteiger partial charge in [-0.05, 0) is 30.0 Å². The smallest absolute Gasteiger partial charge is 0.255 e. The number of fused-ring (bicyclic) bond motifs is 1. The number of hydrogen-bond acceptors (Lipinski definition) is 3.